The van der Waals surface area contributed by atoms with Gasteiger partial charge in [-0.3, -0.25) is 0 Å². The Morgan fingerprint density at radius 3 is 1.41 bits per heavy atom. The fraction of sp³-hybridized carbons (Fsp3) is 0.200. The second kappa shape index (κ2) is 22.0. The van der Waals surface area contributed by atoms with E-state index in [1.165, 1.54) is 24.6 Å². The van der Waals surface area contributed by atoms with Crippen LogP contribution in [0.2, 0.25) is 0 Å². The van der Waals surface area contributed by atoms with Crippen LogP contribution in [0.25, 0.3) is 0 Å². The maximum atomic E-state index is 10.8. The first-order valence-electron chi connectivity index (χ1n) is 8.94. The van der Waals surface area contributed by atoms with Gasteiger partial charge in [-0.15, -0.1) is 0 Å². The summed E-state index contributed by atoms with van der Waals surface area (Å²) in [4.78, 5) is 21.6. The molecule has 0 heterocycles. The zero-order valence-electron chi connectivity index (χ0n) is 18.6. The van der Waals surface area contributed by atoms with Crippen LogP contribution in [0.3, 0.4) is 0 Å². The minimum atomic E-state index is -0.603. The second-order valence-corrected chi connectivity index (χ2v) is 5.37. The van der Waals surface area contributed by atoms with Crippen LogP contribution in [-0.4, -0.2) is 69.9 Å². The van der Waals surface area contributed by atoms with Crippen molar-refractivity contribution < 1.29 is 51.2 Å². The first kappa shape index (κ1) is 37.1. The molecule has 2 aromatic rings. The highest BCUT2D eigenvalue weighted by molar-refractivity contribution is 5.82. The Hall–Kier alpha value is -4.24. The molecule has 14 nitrogen and oxygen atoms in total. The van der Waals surface area contributed by atoms with Crippen LogP contribution in [0.5, 0.6) is 11.5 Å². The Bertz CT molecular complexity index is 806. The van der Waals surface area contributed by atoms with Crippen molar-refractivity contribution in [3.63, 3.8) is 0 Å². The van der Waals surface area contributed by atoms with E-state index >= 15 is 0 Å². The molecule has 34 heavy (non-hydrogen) atoms. The Kier molecular flexibility index (Phi) is 24.0. The van der Waals surface area contributed by atoms with Gasteiger partial charge in [0.15, 0.2) is 0 Å². The molecule has 0 aliphatic carbocycles. The number of rotatable bonds is 6. The number of nitrogens with one attached hydrogen (secondary N) is 2. The summed E-state index contributed by atoms with van der Waals surface area (Å²) in [5.74, 6) is 0.296. The maximum Gasteiger partial charge on any atom is 0.427 e. The molecule has 0 unspecified atom stereocenters. The van der Waals surface area contributed by atoms with Gasteiger partial charge in [0.2, 0.25) is 0 Å². The third-order valence-electron chi connectivity index (χ3n) is 3.03. The van der Waals surface area contributed by atoms with E-state index in [9.17, 15) is 9.59 Å². The van der Waals surface area contributed by atoms with Crippen molar-refractivity contribution in [1.82, 2.24) is 10.9 Å². The van der Waals surface area contributed by atoms with Gasteiger partial charge in [0, 0.05) is 0 Å². The van der Waals surface area contributed by atoms with Gasteiger partial charge in [-0.1, -0.05) is 24.3 Å². The number of carbonyl (C=O) groups excluding carboxylic acids is 2. The Morgan fingerprint density at radius 1 is 0.765 bits per heavy atom. The van der Waals surface area contributed by atoms with E-state index in [0.717, 1.165) is 0 Å². The minimum absolute atomic E-state index is 0. The number of hydrazone groups is 2. The number of carbonyl (C=O) groups is 2. The van der Waals surface area contributed by atoms with Crippen molar-refractivity contribution in [3.8, 4) is 11.5 Å². The highest BCUT2D eigenvalue weighted by Crippen LogP contribution is 2.09. The summed E-state index contributed by atoms with van der Waals surface area (Å²) < 4.78 is 9.18. The van der Waals surface area contributed by atoms with Gasteiger partial charge in [-0.05, 0) is 49.2 Å². The molecule has 0 saturated carbocycles. The summed E-state index contributed by atoms with van der Waals surface area (Å²) in [5, 5.41) is 25.5. The largest absolute Gasteiger partial charge is 0.508 e. The van der Waals surface area contributed by atoms with E-state index in [1.54, 1.807) is 50.2 Å². The summed E-state index contributed by atoms with van der Waals surface area (Å²) in [6.45, 7) is 4.01. The molecular formula is C20H32N4O10. The van der Waals surface area contributed by atoms with Gasteiger partial charge in [-0.25, -0.2) is 20.4 Å². The lowest BCUT2D eigenvalue weighted by atomic mass is 10.2. The summed E-state index contributed by atoms with van der Waals surface area (Å²) in [6, 6.07) is 13.0. The van der Waals surface area contributed by atoms with Gasteiger partial charge >= 0.3 is 12.2 Å². The normalized spacial score (nSPS) is 9.00. The molecule has 14 heteroatoms. The van der Waals surface area contributed by atoms with E-state index in [2.05, 4.69) is 30.5 Å². The van der Waals surface area contributed by atoms with Crippen LogP contribution in [0.15, 0.2) is 58.7 Å². The van der Waals surface area contributed by atoms with Gasteiger partial charge in [0.1, 0.15) is 11.5 Å². The minimum Gasteiger partial charge on any atom is -0.508 e. The monoisotopic (exact) mass is 488 g/mol. The number of phenols is 2. The Morgan fingerprint density at radius 2 is 1.12 bits per heavy atom. The van der Waals surface area contributed by atoms with E-state index in [0.29, 0.717) is 24.3 Å². The molecule has 192 valence electrons. The highest BCUT2D eigenvalue weighted by atomic mass is 16.6. The van der Waals surface area contributed by atoms with Gasteiger partial charge in [0.05, 0.1) is 25.6 Å². The third-order valence-corrected chi connectivity index (χ3v) is 3.03. The van der Waals surface area contributed by atoms with E-state index in [1.807, 2.05) is 0 Å². The fourth-order valence-corrected chi connectivity index (χ4v) is 1.86. The van der Waals surface area contributed by atoms with E-state index in [4.69, 9.17) is 10.2 Å². The smallest absolute Gasteiger partial charge is 0.427 e. The van der Waals surface area contributed by atoms with Crippen molar-refractivity contribution in [2.45, 2.75) is 13.8 Å². The van der Waals surface area contributed by atoms with Crippen LogP contribution in [0.1, 0.15) is 25.0 Å². The molecule has 0 aliphatic rings. The quantitative estimate of drug-likeness (QED) is 0.311. The zero-order chi connectivity index (χ0) is 22.2. The lowest BCUT2D eigenvalue weighted by Crippen LogP contribution is -2.18. The van der Waals surface area contributed by atoms with E-state index in [-0.39, 0.29) is 33.4 Å². The number of hydrogen-bond acceptors (Lipinski definition) is 8. The average molecular weight is 488 g/mol. The first-order chi connectivity index (χ1) is 14.4. The molecule has 0 fully saturated rings. The van der Waals surface area contributed by atoms with Crippen LogP contribution in [-0.2, 0) is 9.47 Å². The van der Waals surface area contributed by atoms with Crippen molar-refractivity contribution >= 4 is 24.6 Å². The number of hydrogen-bond donors (Lipinski definition) is 4. The van der Waals surface area contributed by atoms with Crippen molar-refractivity contribution in [2.75, 3.05) is 13.2 Å². The molecule has 0 aromatic heterocycles. The predicted molar refractivity (Wildman–Crippen MR) is 126 cm³/mol. The number of benzene rings is 2. The van der Waals surface area contributed by atoms with Gasteiger partial charge in [-0.2, -0.15) is 10.2 Å². The summed E-state index contributed by atoms with van der Waals surface area (Å²) in [6.07, 6.45) is 1.62. The number of aromatic hydroxyl groups is 2. The molecular weight excluding hydrogens is 456 g/mol. The Balaban J connectivity index is -0.000000237. The molecule has 2 rings (SSSR count). The van der Waals surface area contributed by atoms with Crippen LogP contribution >= 0.6 is 0 Å². The summed E-state index contributed by atoms with van der Waals surface area (Å²) in [7, 11) is 0. The average Bonchev–Trinajstić information content (AvgIpc) is 2.69. The lowest BCUT2D eigenvalue weighted by Gasteiger charge is -1.98. The molecule has 0 atom stereocenters. The third kappa shape index (κ3) is 17.4. The number of ether oxygens (including phenoxy) is 2. The molecule has 0 saturated heterocycles. The summed E-state index contributed by atoms with van der Waals surface area (Å²) in [5.41, 5.74) is 5.73. The number of nitrogens with zero attached hydrogens (tertiary/aromatic N) is 2. The second-order valence-electron chi connectivity index (χ2n) is 5.37. The van der Waals surface area contributed by atoms with Crippen LogP contribution in [0, 0.1) is 0 Å². The highest BCUT2D eigenvalue weighted by Gasteiger charge is 1.96. The van der Waals surface area contributed by atoms with Crippen molar-refractivity contribution in [3.05, 3.63) is 59.7 Å². The molecule has 0 aliphatic heterocycles. The maximum absolute atomic E-state index is 10.8. The molecule has 2 amide bonds. The fourth-order valence-electron chi connectivity index (χ4n) is 1.86. The topological polar surface area (TPSA) is 268 Å². The number of phenolic OH excluding ortho intramolecular Hbond substituents is 2. The molecule has 12 N–H and O–H groups in total. The lowest BCUT2D eigenvalue weighted by molar-refractivity contribution is 0.152. The van der Waals surface area contributed by atoms with Crippen LogP contribution in [0.4, 0.5) is 9.59 Å². The van der Waals surface area contributed by atoms with Gasteiger partial charge < -0.3 is 41.6 Å². The van der Waals surface area contributed by atoms with E-state index < -0.39 is 12.2 Å². The number of amides is 2. The summed E-state index contributed by atoms with van der Waals surface area (Å²) >= 11 is 0. The molecule has 0 radical (unpaired) electrons. The predicted octanol–water partition coefficient (Wildman–Crippen LogP) is -0.354. The Labute approximate surface area is 195 Å². The first-order valence-corrected chi connectivity index (χ1v) is 8.94. The molecule has 0 bridgehead atoms. The van der Waals surface area contributed by atoms with Crippen LogP contribution < -0.4 is 10.9 Å². The van der Waals surface area contributed by atoms with Crippen molar-refractivity contribution in [1.29, 1.82) is 0 Å². The molecule has 0 spiro atoms. The van der Waals surface area contributed by atoms with Gasteiger partial charge in [0.25, 0.3) is 0 Å². The molecule has 2 aromatic carbocycles. The standard InChI is InChI=1S/2C10H12N2O3.4H2O/c2*1-2-15-10(14)12-11-7-8-4-3-5-9(13)6-8;;;;/h2*3-7,13H,2H2,1H3,(H,12,14);4*1H2/b2*11-7+;;;;. The van der Waals surface area contributed by atoms with Crippen molar-refractivity contribution in [2.24, 2.45) is 10.2 Å². The SMILES string of the molecule is CCOC(=O)N/N=C/c1cccc(O)c1.CCOC(=O)N/N=C/c1cccc(O)c1.O.O.O.O. The zero-order valence-corrected chi connectivity index (χ0v) is 18.6.